The summed E-state index contributed by atoms with van der Waals surface area (Å²) in [6.07, 6.45) is 1.81. The molecule has 1 aliphatic heterocycles. The molecule has 3 rings (SSSR count). The molecule has 2 aromatic rings. The van der Waals surface area contributed by atoms with E-state index >= 15 is 0 Å². The minimum absolute atomic E-state index is 0.0323. The largest absolute Gasteiger partial charge is 0.392 e. The lowest BCUT2D eigenvalue weighted by Crippen LogP contribution is -2.34. The molecule has 4 nitrogen and oxygen atoms in total. The van der Waals surface area contributed by atoms with Crippen molar-refractivity contribution < 1.29 is 5.11 Å². The Balaban J connectivity index is 2.02. The molecule has 2 unspecified atom stereocenters. The van der Waals surface area contributed by atoms with Crippen LogP contribution in [0.5, 0.6) is 0 Å². The highest BCUT2D eigenvalue weighted by atomic mass is 16.3. The summed E-state index contributed by atoms with van der Waals surface area (Å²) >= 11 is 0. The van der Waals surface area contributed by atoms with Crippen molar-refractivity contribution in [2.75, 3.05) is 32.1 Å². The molecule has 4 heteroatoms. The Kier molecular flexibility index (Phi) is 3.83. The first kappa shape index (κ1) is 14.3. The van der Waals surface area contributed by atoms with Crippen LogP contribution in [0.15, 0.2) is 30.5 Å². The van der Waals surface area contributed by atoms with Crippen LogP contribution >= 0.6 is 0 Å². The van der Waals surface area contributed by atoms with Gasteiger partial charge in [0, 0.05) is 36.3 Å². The highest BCUT2D eigenvalue weighted by Gasteiger charge is 2.32. The number of aliphatic hydroxyl groups is 1. The Morgan fingerprint density at radius 3 is 2.57 bits per heavy atom. The minimum atomic E-state index is 0.0323. The first-order chi connectivity index (χ1) is 10.1. The third-order valence-corrected chi connectivity index (χ3v) is 4.56. The molecule has 0 aliphatic carbocycles. The van der Waals surface area contributed by atoms with Gasteiger partial charge in [-0.25, -0.2) is 4.98 Å². The average molecular weight is 285 g/mol. The molecule has 1 aliphatic rings. The molecule has 112 valence electrons. The monoisotopic (exact) mass is 285 g/mol. The molecule has 2 atom stereocenters. The minimum Gasteiger partial charge on any atom is -0.392 e. The molecule has 0 radical (unpaired) electrons. The van der Waals surface area contributed by atoms with Gasteiger partial charge in [0.1, 0.15) is 5.82 Å². The van der Waals surface area contributed by atoms with Crippen LogP contribution in [0, 0.1) is 5.92 Å². The highest BCUT2D eigenvalue weighted by Crippen LogP contribution is 2.31. The Labute approximate surface area is 126 Å². The third kappa shape index (κ3) is 2.49. The Hall–Kier alpha value is -1.65. The van der Waals surface area contributed by atoms with Gasteiger partial charge >= 0.3 is 0 Å². The number of hydrogen-bond acceptors (Lipinski definition) is 4. The zero-order valence-corrected chi connectivity index (χ0v) is 13.0. The van der Waals surface area contributed by atoms with Gasteiger partial charge in [0.2, 0.25) is 0 Å². The molecule has 1 fully saturated rings. The lowest BCUT2D eigenvalue weighted by Gasteiger charge is -2.23. The number of pyridine rings is 1. The SMILES string of the molecule is CC1CN(c2ncc(CO)c3ccccc23)CC1N(C)C. The molecule has 1 N–H and O–H groups in total. The van der Waals surface area contributed by atoms with Crippen molar-refractivity contribution in [3.63, 3.8) is 0 Å². The van der Waals surface area contributed by atoms with E-state index in [4.69, 9.17) is 0 Å². The van der Waals surface area contributed by atoms with Crippen LogP contribution < -0.4 is 4.90 Å². The number of likely N-dealkylation sites (N-methyl/N-ethyl adjacent to an activating group) is 1. The topological polar surface area (TPSA) is 39.6 Å². The Morgan fingerprint density at radius 2 is 1.95 bits per heavy atom. The zero-order chi connectivity index (χ0) is 15.0. The molecule has 0 bridgehead atoms. The van der Waals surface area contributed by atoms with Crippen molar-refractivity contribution in [1.29, 1.82) is 0 Å². The highest BCUT2D eigenvalue weighted by molar-refractivity contribution is 5.94. The zero-order valence-electron chi connectivity index (χ0n) is 13.0. The normalized spacial score (nSPS) is 22.4. The molecule has 1 aromatic carbocycles. The molecular weight excluding hydrogens is 262 g/mol. The van der Waals surface area contributed by atoms with Gasteiger partial charge in [-0.05, 0) is 25.4 Å². The first-order valence-corrected chi connectivity index (χ1v) is 7.50. The number of aromatic nitrogens is 1. The van der Waals surface area contributed by atoms with E-state index in [1.807, 2.05) is 18.3 Å². The number of nitrogens with zero attached hydrogens (tertiary/aromatic N) is 3. The van der Waals surface area contributed by atoms with Crippen LogP contribution in [0.25, 0.3) is 10.8 Å². The van der Waals surface area contributed by atoms with E-state index in [2.05, 4.69) is 47.9 Å². The van der Waals surface area contributed by atoms with Crippen LogP contribution in [0.2, 0.25) is 0 Å². The molecule has 0 spiro atoms. The van der Waals surface area contributed by atoms with Crippen molar-refractivity contribution in [2.24, 2.45) is 5.92 Å². The van der Waals surface area contributed by atoms with Crippen molar-refractivity contribution in [3.8, 4) is 0 Å². The van der Waals surface area contributed by atoms with Crippen LogP contribution in [0.4, 0.5) is 5.82 Å². The summed E-state index contributed by atoms with van der Waals surface area (Å²) in [6, 6.07) is 8.78. The standard InChI is InChI=1S/C17H23N3O/c1-12-9-20(10-16(12)19(2)3)17-15-7-5-4-6-14(15)13(11-21)8-18-17/h4-8,12,16,21H,9-11H2,1-3H3. The maximum atomic E-state index is 9.49. The smallest absolute Gasteiger partial charge is 0.136 e. The maximum absolute atomic E-state index is 9.49. The third-order valence-electron chi connectivity index (χ3n) is 4.56. The van der Waals surface area contributed by atoms with Crippen LogP contribution in [-0.2, 0) is 6.61 Å². The van der Waals surface area contributed by atoms with Gasteiger partial charge in [-0.15, -0.1) is 0 Å². The summed E-state index contributed by atoms with van der Waals surface area (Å²) in [5, 5.41) is 11.7. The molecule has 0 amide bonds. The molecular formula is C17H23N3O. The van der Waals surface area contributed by atoms with Gasteiger partial charge in [0.15, 0.2) is 0 Å². The van der Waals surface area contributed by atoms with Gasteiger partial charge < -0.3 is 14.9 Å². The average Bonchev–Trinajstić information content (AvgIpc) is 2.88. The van der Waals surface area contributed by atoms with Crippen LogP contribution in [0.3, 0.4) is 0 Å². The van der Waals surface area contributed by atoms with E-state index in [0.29, 0.717) is 12.0 Å². The van der Waals surface area contributed by atoms with Gasteiger partial charge in [0.05, 0.1) is 6.61 Å². The second kappa shape index (κ2) is 5.62. The summed E-state index contributed by atoms with van der Waals surface area (Å²) in [5.74, 6) is 1.66. The van der Waals surface area contributed by atoms with Gasteiger partial charge in [0.25, 0.3) is 0 Å². The second-order valence-corrected chi connectivity index (χ2v) is 6.22. The number of aliphatic hydroxyl groups excluding tert-OH is 1. The van der Waals surface area contributed by atoms with E-state index in [1.54, 1.807) is 0 Å². The van der Waals surface area contributed by atoms with E-state index in [-0.39, 0.29) is 6.61 Å². The molecule has 2 heterocycles. The Morgan fingerprint density at radius 1 is 1.24 bits per heavy atom. The predicted molar refractivity (Wildman–Crippen MR) is 86.5 cm³/mol. The number of fused-ring (bicyclic) bond motifs is 1. The molecule has 1 saturated heterocycles. The van der Waals surface area contributed by atoms with E-state index in [1.165, 1.54) is 0 Å². The van der Waals surface area contributed by atoms with Gasteiger partial charge in [-0.3, -0.25) is 0 Å². The number of rotatable bonds is 3. The fourth-order valence-corrected chi connectivity index (χ4v) is 3.41. The van der Waals surface area contributed by atoms with Crippen molar-refractivity contribution in [3.05, 3.63) is 36.0 Å². The quantitative estimate of drug-likeness (QED) is 0.937. The predicted octanol–water partition coefficient (Wildman–Crippen LogP) is 2.11. The first-order valence-electron chi connectivity index (χ1n) is 7.50. The van der Waals surface area contributed by atoms with Crippen LogP contribution in [-0.4, -0.2) is 48.2 Å². The number of anilines is 1. The molecule has 21 heavy (non-hydrogen) atoms. The van der Waals surface area contributed by atoms with Gasteiger partial charge in [-0.1, -0.05) is 31.2 Å². The lowest BCUT2D eigenvalue weighted by molar-refractivity contribution is 0.266. The molecule has 1 aromatic heterocycles. The van der Waals surface area contributed by atoms with E-state index in [0.717, 1.165) is 35.2 Å². The van der Waals surface area contributed by atoms with E-state index < -0.39 is 0 Å². The number of benzene rings is 1. The number of hydrogen-bond donors (Lipinski definition) is 1. The lowest BCUT2D eigenvalue weighted by atomic mass is 10.1. The summed E-state index contributed by atoms with van der Waals surface area (Å²) < 4.78 is 0. The van der Waals surface area contributed by atoms with Crippen LogP contribution in [0.1, 0.15) is 12.5 Å². The van der Waals surface area contributed by atoms with Crippen molar-refractivity contribution >= 4 is 16.6 Å². The summed E-state index contributed by atoms with van der Waals surface area (Å²) in [5.41, 5.74) is 0.894. The van der Waals surface area contributed by atoms with Gasteiger partial charge in [-0.2, -0.15) is 0 Å². The molecule has 0 saturated carbocycles. The van der Waals surface area contributed by atoms with Crippen molar-refractivity contribution in [1.82, 2.24) is 9.88 Å². The van der Waals surface area contributed by atoms with Crippen molar-refractivity contribution in [2.45, 2.75) is 19.6 Å². The van der Waals surface area contributed by atoms with E-state index in [9.17, 15) is 5.11 Å². The summed E-state index contributed by atoms with van der Waals surface area (Å²) in [4.78, 5) is 9.31. The Bertz CT molecular complexity index is 641. The summed E-state index contributed by atoms with van der Waals surface area (Å²) in [6.45, 7) is 4.36. The maximum Gasteiger partial charge on any atom is 0.136 e. The fraction of sp³-hybridized carbons (Fsp3) is 0.471. The second-order valence-electron chi connectivity index (χ2n) is 6.22. The fourth-order valence-electron chi connectivity index (χ4n) is 3.41. The summed E-state index contributed by atoms with van der Waals surface area (Å²) in [7, 11) is 4.29.